The molecule has 1 saturated carbocycles. The van der Waals surface area contributed by atoms with E-state index in [0.717, 1.165) is 55.9 Å². The molecule has 5 nitrogen and oxygen atoms in total. The topological polar surface area (TPSA) is 47.4 Å². The van der Waals surface area contributed by atoms with Gasteiger partial charge in [-0.3, -0.25) is 4.79 Å². The van der Waals surface area contributed by atoms with Crippen molar-refractivity contribution in [2.24, 2.45) is 0 Å². The van der Waals surface area contributed by atoms with Crippen molar-refractivity contribution in [3.63, 3.8) is 0 Å². The standard InChI is InChI=1S/C27H33N3O2/c1-20-12-14-23(15-13-20)32-17-7-6-16-29-25-11-5-4-10-24(25)28-27(29)21-18-26(31)30(19-21)22-8-2-3-9-22/h4-5,10-15,21-22H,2-3,6-9,16-19H2,1H3. The summed E-state index contributed by atoms with van der Waals surface area (Å²) >= 11 is 0. The molecular formula is C27H33N3O2. The summed E-state index contributed by atoms with van der Waals surface area (Å²) in [5, 5.41) is 0. The number of aryl methyl sites for hydroxylation is 2. The lowest BCUT2D eigenvalue weighted by Crippen LogP contribution is -2.34. The Bertz CT molecular complexity index is 1070. The summed E-state index contributed by atoms with van der Waals surface area (Å²) < 4.78 is 8.27. The first-order valence-electron chi connectivity index (χ1n) is 12.1. The van der Waals surface area contributed by atoms with Gasteiger partial charge in [0, 0.05) is 31.5 Å². The zero-order valence-corrected chi connectivity index (χ0v) is 19.0. The molecule has 0 bridgehead atoms. The zero-order valence-electron chi connectivity index (χ0n) is 19.0. The monoisotopic (exact) mass is 431 g/mol. The number of likely N-dealkylation sites (tertiary alicyclic amines) is 1. The maximum atomic E-state index is 12.8. The highest BCUT2D eigenvalue weighted by atomic mass is 16.5. The van der Waals surface area contributed by atoms with Crippen molar-refractivity contribution in [3.05, 3.63) is 59.9 Å². The molecular weight excluding hydrogens is 398 g/mol. The second-order valence-electron chi connectivity index (χ2n) is 9.36. The molecule has 2 aliphatic rings. The summed E-state index contributed by atoms with van der Waals surface area (Å²) in [6.07, 6.45) is 7.43. The average Bonchev–Trinajstić information content (AvgIpc) is 3.53. The van der Waals surface area contributed by atoms with Gasteiger partial charge in [-0.2, -0.15) is 0 Å². The van der Waals surface area contributed by atoms with Gasteiger partial charge < -0.3 is 14.2 Å². The van der Waals surface area contributed by atoms with Crippen LogP contribution in [-0.4, -0.2) is 39.6 Å². The SMILES string of the molecule is Cc1ccc(OCCCCn2c(C3CC(=O)N(C4CCCC4)C3)nc3ccccc32)cc1. The van der Waals surface area contributed by atoms with E-state index in [2.05, 4.69) is 46.7 Å². The van der Waals surface area contributed by atoms with Gasteiger partial charge in [0.15, 0.2) is 0 Å². The zero-order chi connectivity index (χ0) is 21.9. The summed E-state index contributed by atoms with van der Waals surface area (Å²) in [7, 11) is 0. The second-order valence-corrected chi connectivity index (χ2v) is 9.36. The van der Waals surface area contributed by atoms with E-state index < -0.39 is 0 Å². The Labute approximate surface area is 190 Å². The molecule has 1 atom stereocenters. The highest BCUT2D eigenvalue weighted by molar-refractivity contribution is 5.81. The third-order valence-corrected chi connectivity index (χ3v) is 7.04. The number of aromatic nitrogens is 2. The van der Waals surface area contributed by atoms with Crippen LogP contribution in [0.15, 0.2) is 48.5 Å². The Morgan fingerprint density at radius 1 is 1.03 bits per heavy atom. The molecule has 0 spiro atoms. The van der Waals surface area contributed by atoms with E-state index in [0.29, 0.717) is 25.0 Å². The van der Waals surface area contributed by atoms with Crippen LogP contribution in [0.25, 0.3) is 11.0 Å². The molecule has 0 N–H and O–H groups in total. The first-order valence-corrected chi connectivity index (χ1v) is 12.1. The number of benzene rings is 2. The van der Waals surface area contributed by atoms with Crippen LogP contribution in [-0.2, 0) is 11.3 Å². The van der Waals surface area contributed by atoms with Crippen molar-refractivity contribution in [2.75, 3.05) is 13.2 Å². The number of ether oxygens (including phenoxy) is 1. The lowest BCUT2D eigenvalue weighted by atomic mass is 10.1. The predicted molar refractivity (Wildman–Crippen MR) is 127 cm³/mol. The molecule has 5 rings (SSSR count). The van der Waals surface area contributed by atoms with Gasteiger partial charge in [-0.25, -0.2) is 4.98 Å². The summed E-state index contributed by atoms with van der Waals surface area (Å²) in [5.74, 6) is 2.52. The number of amides is 1. The smallest absolute Gasteiger partial charge is 0.223 e. The fourth-order valence-electron chi connectivity index (χ4n) is 5.31. The summed E-state index contributed by atoms with van der Waals surface area (Å²) in [6.45, 7) is 4.52. The van der Waals surface area contributed by atoms with Gasteiger partial charge in [0.2, 0.25) is 5.91 Å². The van der Waals surface area contributed by atoms with E-state index in [9.17, 15) is 4.79 Å². The summed E-state index contributed by atoms with van der Waals surface area (Å²) in [6, 6.07) is 17.0. The molecule has 2 heterocycles. The van der Waals surface area contributed by atoms with Gasteiger partial charge in [0.25, 0.3) is 0 Å². The number of hydrogen-bond donors (Lipinski definition) is 0. The second kappa shape index (κ2) is 9.35. The molecule has 1 saturated heterocycles. The minimum Gasteiger partial charge on any atom is -0.494 e. The third kappa shape index (κ3) is 4.38. The van der Waals surface area contributed by atoms with E-state index in [1.807, 2.05) is 18.2 Å². The Morgan fingerprint density at radius 3 is 2.62 bits per heavy atom. The van der Waals surface area contributed by atoms with E-state index in [1.165, 1.54) is 23.9 Å². The minimum absolute atomic E-state index is 0.194. The van der Waals surface area contributed by atoms with Gasteiger partial charge in [-0.1, -0.05) is 42.7 Å². The van der Waals surface area contributed by atoms with Crippen molar-refractivity contribution in [3.8, 4) is 5.75 Å². The molecule has 2 aromatic carbocycles. The van der Waals surface area contributed by atoms with Crippen molar-refractivity contribution in [1.82, 2.24) is 14.5 Å². The Kier molecular flexibility index (Phi) is 6.15. The van der Waals surface area contributed by atoms with Gasteiger partial charge in [0.1, 0.15) is 11.6 Å². The quantitative estimate of drug-likeness (QED) is 0.445. The van der Waals surface area contributed by atoms with Crippen LogP contribution in [0, 0.1) is 6.92 Å². The number of fused-ring (bicyclic) bond motifs is 1. The molecule has 1 aliphatic heterocycles. The van der Waals surface area contributed by atoms with E-state index in [-0.39, 0.29) is 5.92 Å². The van der Waals surface area contributed by atoms with Crippen LogP contribution in [0.1, 0.15) is 62.3 Å². The number of rotatable bonds is 8. The summed E-state index contributed by atoms with van der Waals surface area (Å²) in [4.78, 5) is 19.9. The van der Waals surface area contributed by atoms with Crippen LogP contribution in [0.2, 0.25) is 0 Å². The number of hydrogen-bond acceptors (Lipinski definition) is 3. The number of para-hydroxylation sites is 2. The minimum atomic E-state index is 0.194. The Hall–Kier alpha value is -2.82. The van der Waals surface area contributed by atoms with Crippen molar-refractivity contribution < 1.29 is 9.53 Å². The molecule has 5 heteroatoms. The molecule has 1 aliphatic carbocycles. The van der Waals surface area contributed by atoms with E-state index in [4.69, 9.17) is 9.72 Å². The molecule has 1 unspecified atom stereocenters. The Balaban J connectivity index is 1.26. The normalized spacial score (nSPS) is 19.3. The third-order valence-electron chi connectivity index (χ3n) is 7.04. The molecule has 168 valence electrons. The van der Waals surface area contributed by atoms with Crippen molar-refractivity contribution in [1.29, 1.82) is 0 Å². The molecule has 32 heavy (non-hydrogen) atoms. The molecule has 0 radical (unpaired) electrons. The van der Waals surface area contributed by atoms with Crippen molar-refractivity contribution >= 4 is 16.9 Å². The highest BCUT2D eigenvalue weighted by Gasteiger charge is 2.38. The number of imidazole rings is 1. The van der Waals surface area contributed by atoms with Crippen LogP contribution in [0.5, 0.6) is 5.75 Å². The first kappa shape index (κ1) is 21.0. The molecule has 1 aromatic heterocycles. The fourth-order valence-corrected chi connectivity index (χ4v) is 5.31. The van der Waals surface area contributed by atoms with E-state index >= 15 is 0 Å². The van der Waals surface area contributed by atoms with Crippen molar-refractivity contribution in [2.45, 2.75) is 70.4 Å². The van der Waals surface area contributed by atoms with Crippen LogP contribution >= 0.6 is 0 Å². The van der Waals surface area contributed by atoms with Gasteiger partial charge in [-0.05, 0) is 56.9 Å². The summed E-state index contributed by atoms with van der Waals surface area (Å²) in [5.41, 5.74) is 3.45. The van der Waals surface area contributed by atoms with Crippen LogP contribution < -0.4 is 4.74 Å². The maximum absolute atomic E-state index is 12.8. The lowest BCUT2D eigenvalue weighted by Gasteiger charge is -2.24. The van der Waals surface area contributed by atoms with Gasteiger partial charge >= 0.3 is 0 Å². The van der Waals surface area contributed by atoms with E-state index in [1.54, 1.807) is 0 Å². The van der Waals surface area contributed by atoms with Gasteiger partial charge in [0.05, 0.1) is 17.6 Å². The maximum Gasteiger partial charge on any atom is 0.223 e. The molecule has 3 aromatic rings. The first-order chi connectivity index (χ1) is 15.7. The highest BCUT2D eigenvalue weighted by Crippen LogP contribution is 2.35. The van der Waals surface area contributed by atoms with Crippen LogP contribution in [0.3, 0.4) is 0 Å². The number of carbonyl (C=O) groups excluding carboxylic acids is 1. The largest absolute Gasteiger partial charge is 0.494 e. The molecule has 1 amide bonds. The van der Waals surface area contributed by atoms with Gasteiger partial charge in [-0.15, -0.1) is 0 Å². The van der Waals surface area contributed by atoms with Crippen LogP contribution in [0.4, 0.5) is 0 Å². The predicted octanol–water partition coefficient (Wildman–Crippen LogP) is 5.46. The average molecular weight is 432 g/mol. The Morgan fingerprint density at radius 2 is 1.81 bits per heavy atom. The fraction of sp³-hybridized carbons (Fsp3) is 0.481. The number of nitrogens with zero attached hydrogens (tertiary/aromatic N) is 3. The number of carbonyl (C=O) groups is 1. The lowest BCUT2D eigenvalue weighted by molar-refractivity contribution is -0.129. The molecule has 2 fully saturated rings. The number of unbranched alkanes of at least 4 members (excludes halogenated alkanes) is 1.